The van der Waals surface area contributed by atoms with Crippen LogP contribution in [0.3, 0.4) is 0 Å². The first kappa shape index (κ1) is 9.86. The van der Waals surface area contributed by atoms with Crippen molar-refractivity contribution < 1.29 is 9.47 Å². The summed E-state index contributed by atoms with van der Waals surface area (Å²) in [6.07, 6.45) is 1.77. The van der Waals surface area contributed by atoms with Crippen molar-refractivity contribution in [2.75, 3.05) is 44.7 Å². The highest BCUT2D eigenvalue weighted by molar-refractivity contribution is 5.68. The van der Waals surface area contributed by atoms with Gasteiger partial charge in [-0.15, -0.1) is 0 Å². The lowest BCUT2D eigenvalue weighted by atomic mass is 10.4. The van der Waals surface area contributed by atoms with Gasteiger partial charge in [-0.2, -0.15) is 0 Å². The number of morpholine rings is 1. The first-order valence-corrected chi connectivity index (χ1v) is 5.64. The molecule has 1 aromatic rings. The molecule has 5 heteroatoms. The molecule has 0 bridgehead atoms. The van der Waals surface area contributed by atoms with E-state index in [-0.39, 0.29) is 0 Å². The lowest BCUT2D eigenvalue weighted by molar-refractivity contribution is 0.0398. The van der Waals surface area contributed by atoms with E-state index in [9.17, 15) is 0 Å². The Morgan fingerprint density at radius 3 is 3.12 bits per heavy atom. The van der Waals surface area contributed by atoms with E-state index in [1.807, 2.05) is 6.07 Å². The number of anilines is 1. The maximum absolute atomic E-state index is 5.30. The zero-order valence-corrected chi connectivity index (χ0v) is 9.11. The van der Waals surface area contributed by atoms with Crippen LogP contribution in [0.4, 0.5) is 5.82 Å². The molecule has 3 heterocycles. The van der Waals surface area contributed by atoms with Gasteiger partial charge in [0, 0.05) is 38.4 Å². The fraction of sp³-hybridized carbons (Fsp3) is 0.545. The minimum Gasteiger partial charge on any atom is -0.445 e. The Hall–Kier alpha value is -1.33. The van der Waals surface area contributed by atoms with Crippen LogP contribution in [0, 0.1) is 0 Å². The van der Waals surface area contributed by atoms with Crippen molar-refractivity contribution in [2.45, 2.75) is 0 Å². The van der Waals surface area contributed by atoms with Crippen molar-refractivity contribution in [1.82, 2.24) is 9.88 Å². The highest BCUT2D eigenvalue weighted by Gasteiger charge is 2.25. The van der Waals surface area contributed by atoms with Gasteiger partial charge in [0.05, 0.1) is 13.2 Å². The molecule has 0 aromatic carbocycles. The van der Waals surface area contributed by atoms with Crippen LogP contribution in [0.15, 0.2) is 12.3 Å². The van der Waals surface area contributed by atoms with Gasteiger partial charge in [0.15, 0.2) is 11.6 Å². The monoisotopic (exact) mass is 221 g/mol. The van der Waals surface area contributed by atoms with Crippen LogP contribution in [0.25, 0.3) is 0 Å². The Morgan fingerprint density at radius 2 is 2.25 bits per heavy atom. The smallest absolute Gasteiger partial charge is 0.212 e. The number of pyridine rings is 1. The maximum Gasteiger partial charge on any atom is 0.212 e. The third kappa shape index (κ3) is 2.10. The number of nitrogens with one attached hydrogen (secondary N) is 1. The molecule has 0 unspecified atom stereocenters. The number of hydrogen-bond donors (Lipinski definition) is 1. The first-order valence-electron chi connectivity index (χ1n) is 5.64. The number of hydrogen-bond acceptors (Lipinski definition) is 5. The van der Waals surface area contributed by atoms with Crippen LogP contribution in [0.2, 0.25) is 0 Å². The molecule has 86 valence electrons. The lowest BCUT2D eigenvalue weighted by Crippen LogP contribution is -2.39. The summed E-state index contributed by atoms with van der Waals surface area (Å²) in [7, 11) is 0. The summed E-state index contributed by atoms with van der Waals surface area (Å²) in [5, 5.41) is 3.29. The zero-order valence-electron chi connectivity index (χ0n) is 9.11. The molecule has 0 radical (unpaired) electrons. The van der Waals surface area contributed by atoms with Crippen LogP contribution >= 0.6 is 0 Å². The molecule has 2 aliphatic rings. The molecule has 1 saturated heterocycles. The summed E-state index contributed by atoms with van der Waals surface area (Å²) in [6, 6.07) is 1.88. The van der Waals surface area contributed by atoms with Crippen molar-refractivity contribution in [1.29, 1.82) is 0 Å². The molecule has 3 rings (SSSR count). The molecule has 0 spiro atoms. The van der Waals surface area contributed by atoms with Crippen molar-refractivity contribution in [3.05, 3.63) is 12.3 Å². The van der Waals surface area contributed by atoms with E-state index in [1.54, 1.807) is 6.20 Å². The Morgan fingerprint density at radius 1 is 1.38 bits per heavy atom. The van der Waals surface area contributed by atoms with E-state index in [0.29, 0.717) is 0 Å². The van der Waals surface area contributed by atoms with Gasteiger partial charge in [-0.3, -0.25) is 4.90 Å². The molecule has 5 nitrogen and oxygen atoms in total. The van der Waals surface area contributed by atoms with Crippen LogP contribution in [0.5, 0.6) is 11.5 Å². The predicted molar refractivity (Wildman–Crippen MR) is 60.1 cm³/mol. The highest BCUT2D eigenvalue weighted by atomic mass is 16.6. The molecule has 1 fully saturated rings. The number of aromatic nitrogens is 1. The predicted octanol–water partition coefficient (Wildman–Crippen LogP) is 0.931. The SMILES string of the molecule is c1cc2c(c(NCCN3CCOCC3)n1)O2. The van der Waals surface area contributed by atoms with Crippen LogP contribution < -0.4 is 10.1 Å². The number of rotatable bonds is 4. The van der Waals surface area contributed by atoms with E-state index >= 15 is 0 Å². The Bertz CT molecular complexity index is 377. The third-order valence-electron chi connectivity index (χ3n) is 2.86. The molecular formula is C11H15N3O2. The summed E-state index contributed by atoms with van der Waals surface area (Å²) in [4.78, 5) is 6.62. The number of nitrogens with zero attached hydrogens (tertiary/aromatic N) is 2. The normalized spacial score (nSPS) is 18.8. The fourth-order valence-corrected chi connectivity index (χ4v) is 1.88. The highest BCUT2D eigenvalue weighted by Crippen LogP contribution is 2.49. The molecular weight excluding hydrogens is 206 g/mol. The standard InChI is InChI=1S/C11H15N3O2/c1-2-12-11(10-9(1)16-10)13-3-4-14-5-7-15-8-6-14/h1-2H,3-8H2,(H,12,13). The maximum atomic E-state index is 5.30. The molecule has 16 heavy (non-hydrogen) atoms. The van der Waals surface area contributed by atoms with Gasteiger partial charge < -0.3 is 14.8 Å². The number of fused-ring (bicyclic) bond motifs is 1. The molecule has 2 aliphatic heterocycles. The van der Waals surface area contributed by atoms with E-state index in [1.165, 1.54) is 0 Å². The Labute approximate surface area is 94.4 Å². The third-order valence-corrected chi connectivity index (χ3v) is 2.86. The average molecular weight is 221 g/mol. The quantitative estimate of drug-likeness (QED) is 0.778. The van der Waals surface area contributed by atoms with E-state index < -0.39 is 0 Å². The molecule has 0 saturated carbocycles. The van der Waals surface area contributed by atoms with Crippen molar-refractivity contribution in [3.63, 3.8) is 0 Å². The fourth-order valence-electron chi connectivity index (χ4n) is 1.88. The lowest BCUT2D eigenvalue weighted by Gasteiger charge is -2.26. The minimum atomic E-state index is 0.849. The summed E-state index contributed by atoms with van der Waals surface area (Å²) >= 11 is 0. The van der Waals surface area contributed by atoms with Crippen molar-refractivity contribution in [3.8, 4) is 11.5 Å². The van der Waals surface area contributed by atoms with Gasteiger partial charge >= 0.3 is 0 Å². The van der Waals surface area contributed by atoms with E-state index in [2.05, 4.69) is 15.2 Å². The van der Waals surface area contributed by atoms with E-state index in [4.69, 9.17) is 9.47 Å². The van der Waals surface area contributed by atoms with Gasteiger partial charge in [-0.05, 0) is 0 Å². The second-order valence-corrected chi connectivity index (χ2v) is 3.97. The Kier molecular flexibility index (Phi) is 2.63. The van der Waals surface area contributed by atoms with Gasteiger partial charge in [0.1, 0.15) is 0 Å². The summed E-state index contributed by atoms with van der Waals surface area (Å²) in [5.74, 6) is 2.72. The minimum absolute atomic E-state index is 0.849. The van der Waals surface area contributed by atoms with Gasteiger partial charge in [0.2, 0.25) is 5.75 Å². The van der Waals surface area contributed by atoms with Crippen molar-refractivity contribution >= 4 is 5.82 Å². The van der Waals surface area contributed by atoms with Gasteiger partial charge in [-0.25, -0.2) is 4.98 Å². The van der Waals surface area contributed by atoms with Crippen LogP contribution in [-0.2, 0) is 4.74 Å². The summed E-state index contributed by atoms with van der Waals surface area (Å²) in [5.41, 5.74) is 0. The molecule has 0 amide bonds. The van der Waals surface area contributed by atoms with Crippen LogP contribution in [0.1, 0.15) is 0 Å². The van der Waals surface area contributed by atoms with Gasteiger partial charge in [-0.1, -0.05) is 0 Å². The van der Waals surface area contributed by atoms with Crippen molar-refractivity contribution in [2.24, 2.45) is 0 Å². The summed E-state index contributed by atoms with van der Waals surface area (Å²) < 4.78 is 10.5. The van der Waals surface area contributed by atoms with E-state index in [0.717, 1.165) is 56.7 Å². The average Bonchev–Trinajstić information content (AvgIpc) is 3.10. The number of ether oxygens (including phenoxy) is 2. The first-order chi connectivity index (χ1) is 7.93. The second-order valence-electron chi connectivity index (χ2n) is 3.97. The zero-order chi connectivity index (χ0) is 10.8. The molecule has 0 atom stereocenters. The van der Waals surface area contributed by atoms with Crippen LogP contribution in [-0.4, -0.2) is 49.3 Å². The molecule has 1 N–H and O–H groups in total. The molecule has 0 aliphatic carbocycles. The summed E-state index contributed by atoms with van der Waals surface area (Å²) in [6.45, 7) is 5.67. The topological polar surface area (TPSA) is 49.9 Å². The Balaban J connectivity index is 1.45. The van der Waals surface area contributed by atoms with Gasteiger partial charge in [0.25, 0.3) is 0 Å². The largest absolute Gasteiger partial charge is 0.445 e. The second kappa shape index (κ2) is 4.27. The molecule has 1 aromatic heterocycles.